The van der Waals surface area contributed by atoms with Gasteiger partial charge in [0.15, 0.2) is 6.61 Å². The second-order valence-corrected chi connectivity index (χ2v) is 6.85. The predicted octanol–water partition coefficient (Wildman–Crippen LogP) is 1.74. The van der Waals surface area contributed by atoms with E-state index in [1.54, 1.807) is 0 Å². The lowest BCUT2D eigenvalue weighted by Crippen LogP contribution is -2.52. The third-order valence-electron chi connectivity index (χ3n) is 4.85. The van der Waals surface area contributed by atoms with Crippen LogP contribution in [0.3, 0.4) is 0 Å². The third-order valence-corrected chi connectivity index (χ3v) is 4.85. The van der Waals surface area contributed by atoms with Crippen molar-refractivity contribution in [2.24, 2.45) is 0 Å². The van der Waals surface area contributed by atoms with Crippen LogP contribution in [0.25, 0.3) is 0 Å². The molecule has 1 saturated heterocycles. The average molecular weight is 361 g/mol. The number of benzene rings is 1. The molecule has 0 radical (unpaired) electrons. The molecule has 1 aliphatic rings. The number of rotatable bonds is 8. The normalized spacial score (nSPS) is 15.0. The maximum atomic E-state index is 12.4. The number of carbonyl (C=O) groups is 2. The van der Waals surface area contributed by atoms with Crippen LogP contribution in [0.15, 0.2) is 18.2 Å². The van der Waals surface area contributed by atoms with E-state index in [4.69, 9.17) is 4.74 Å². The lowest BCUT2D eigenvalue weighted by atomic mass is 10.1. The Hall–Kier alpha value is -2.08. The molecule has 1 aliphatic heterocycles. The number of ether oxygens (including phenoxy) is 1. The van der Waals surface area contributed by atoms with Crippen LogP contribution in [0, 0.1) is 13.8 Å². The number of piperazine rings is 1. The molecule has 1 fully saturated rings. The van der Waals surface area contributed by atoms with Crippen LogP contribution in [0.2, 0.25) is 0 Å². The molecule has 6 heteroatoms. The second kappa shape index (κ2) is 10.2. The minimum Gasteiger partial charge on any atom is -0.483 e. The molecule has 0 aliphatic carbocycles. The molecule has 0 aromatic heterocycles. The minimum atomic E-state index is -0.00189. The first-order valence-corrected chi connectivity index (χ1v) is 9.47. The number of aryl methyl sites for hydroxylation is 1. The van der Waals surface area contributed by atoms with Crippen LogP contribution in [-0.4, -0.2) is 67.5 Å². The van der Waals surface area contributed by atoms with Crippen molar-refractivity contribution >= 4 is 11.8 Å². The van der Waals surface area contributed by atoms with Gasteiger partial charge in [0.1, 0.15) is 5.75 Å². The maximum Gasteiger partial charge on any atom is 0.260 e. The molecule has 1 aromatic carbocycles. The summed E-state index contributed by atoms with van der Waals surface area (Å²) in [5.41, 5.74) is 2.22. The lowest BCUT2D eigenvalue weighted by Gasteiger charge is -2.34. The lowest BCUT2D eigenvalue weighted by molar-refractivity contribution is -0.135. The van der Waals surface area contributed by atoms with Crippen LogP contribution < -0.4 is 10.1 Å². The Morgan fingerprint density at radius 2 is 1.88 bits per heavy atom. The zero-order valence-corrected chi connectivity index (χ0v) is 16.2. The highest BCUT2D eigenvalue weighted by Crippen LogP contribution is 2.20. The fourth-order valence-electron chi connectivity index (χ4n) is 2.93. The average Bonchev–Trinajstić information content (AvgIpc) is 2.63. The summed E-state index contributed by atoms with van der Waals surface area (Å²) in [4.78, 5) is 28.2. The topological polar surface area (TPSA) is 61.9 Å². The number of hydrogen-bond acceptors (Lipinski definition) is 4. The van der Waals surface area contributed by atoms with Crippen LogP contribution in [0.5, 0.6) is 5.75 Å². The maximum absolute atomic E-state index is 12.4. The summed E-state index contributed by atoms with van der Waals surface area (Å²) in [7, 11) is 0. The Bertz CT molecular complexity index is 610. The van der Waals surface area contributed by atoms with E-state index in [0.717, 1.165) is 49.4 Å². The van der Waals surface area contributed by atoms with Crippen molar-refractivity contribution in [3.8, 4) is 5.75 Å². The van der Waals surface area contributed by atoms with E-state index >= 15 is 0 Å². The standard InChI is InChI=1S/C20H31N3O3/c1-4-5-9-21-19(24)14-22-10-12-23(13-11-22)20(25)15-26-18-8-6-7-16(2)17(18)3/h6-8H,4-5,9-15H2,1-3H3,(H,21,24). The number of hydrogen-bond donors (Lipinski definition) is 1. The first kappa shape index (κ1) is 20.2. The summed E-state index contributed by atoms with van der Waals surface area (Å²) >= 11 is 0. The molecule has 1 heterocycles. The molecular weight excluding hydrogens is 330 g/mol. The van der Waals surface area contributed by atoms with E-state index in [9.17, 15) is 9.59 Å². The molecule has 0 unspecified atom stereocenters. The van der Waals surface area contributed by atoms with Gasteiger partial charge in [0.2, 0.25) is 5.91 Å². The molecule has 0 saturated carbocycles. The molecular formula is C20H31N3O3. The molecule has 2 rings (SSSR count). The number of nitrogens with zero attached hydrogens (tertiary/aromatic N) is 2. The van der Waals surface area contributed by atoms with Gasteiger partial charge in [-0.2, -0.15) is 0 Å². The Morgan fingerprint density at radius 3 is 2.58 bits per heavy atom. The highest BCUT2D eigenvalue weighted by molar-refractivity contribution is 5.79. The summed E-state index contributed by atoms with van der Waals surface area (Å²) in [6.45, 7) is 10.0. The summed E-state index contributed by atoms with van der Waals surface area (Å²) in [5, 5.41) is 2.93. The molecule has 0 atom stereocenters. The Labute approximate surface area is 156 Å². The molecule has 0 spiro atoms. The van der Waals surface area contributed by atoms with E-state index in [2.05, 4.69) is 17.1 Å². The van der Waals surface area contributed by atoms with Gasteiger partial charge in [-0.05, 0) is 37.5 Å². The predicted molar refractivity (Wildman–Crippen MR) is 102 cm³/mol. The van der Waals surface area contributed by atoms with Gasteiger partial charge in [0, 0.05) is 32.7 Å². The number of unbranched alkanes of at least 4 members (excludes halogenated alkanes) is 1. The van der Waals surface area contributed by atoms with Crippen LogP contribution in [-0.2, 0) is 9.59 Å². The SMILES string of the molecule is CCCCNC(=O)CN1CCN(C(=O)COc2cccc(C)c2C)CC1. The van der Waals surface area contributed by atoms with E-state index in [1.807, 2.05) is 36.9 Å². The van der Waals surface area contributed by atoms with E-state index in [0.29, 0.717) is 19.6 Å². The first-order valence-electron chi connectivity index (χ1n) is 9.47. The summed E-state index contributed by atoms with van der Waals surface area (Å²) in [6.07, 6.45) is 2.08. The number of nitrogens with one attached hydrogen (secondary N) is 1. The molecule has 6 nitrogen and oxygen atoms in total. The smallest absolute Gasteiger partial charge is 0.260 e. The van der Waals surface area contributed by atoms with E-state index in [-0.39, 0.29) is 18.4 Å². The summed E-state index contributed by atoms with van der Waals surface area (Å²) < 4.78 is 5.71. The fourth-order valence-corrected chi connectivity index (χ4v) is 2.93. The Morgan fingerprint density at radius 1 is 1.15 bits per heavy atom. The summed E-state index contributed by atoms with van der Waals surface area (Å²) in [6, 6.07) is 5.86. The first-order chi connectivity index (χ1) is 12.5. The van der Waals surface area contributed by atoms with Crippen molar-refractivity contribution in [3.05, 3.63) is 29.3 Å². The molecule has 2 amide bonds. The highest BCUT2D eigenvalue weighted by Gasteiger charge is 2.22. The van der Waals surface area contributed by atoms with Gasteiger partial charge < -0.3 is 15.0 Å². The Kier molecular flexibility index (Phi) is 7.91. The van der Waals surface area contributed by atoms with Gasteiger partial charge in [-0.1, -0.05) is 25.5 Å². The van der Waals surface area contributed by atoms with Crippen LogP contribution >= 0.6 is 0 Å². The van der Waals surface area contributed by atoms with Crippen molar-refractivity contribution in [1.82, 2.24) is 15.1 Å². The Balaban J connectivity index is 1.71. The number of amides is 2. The van der Waals surface area contributed by atoms with Crippen LogP contribution in [0.4, 0.5) is 0 Å². The molecule has 1 aromatic rings. The van der Waals surface area contributed by atoms with Crippen molar-refractivity contribution in [2.45, 2.75) is 33.6 Å². The monoisotopic (exact) mass is 361 g/mol. The van der Waals surface area contributed by atoms with Gasteiger partial charge >= 0.3 is 0 Å². The van der Waals surface area contributed by atoms with E-state index < -0.39 is 0 Å². The molecule has 0 bridgehead atoms. The van der Waals surface area contributed by atoms with Crippen molar-refractivity contribution in [1.29, 1.82) is 0 Å². The second-order valence-electron chi connectivity index (χ2n) is 6.85. The third kappa shape index (κ3) is 6.02. The van der Waals surface area contributed by atoms with Crippen molar-refractivity contribution < 1.29 is 14.3 Å². The highest BCUT2D eigenvalue weighted by atomic mass is 16.5. The van der Waals surface area contributed by atoms with Gasteiger partial charge in [-0.15, -0.1) is 0 Å². The van der Waals surface area contributed by atoms with Crippen LogP contribution in [0.1, 0.15) is 30.9 Å². The molecule has 144 valence electrons. The zero-order chi connectivity index (χ0) is 18.9. The largest absolute Gasteiger partial charge is 0.483 e. The van der Waals surface area contributed by atoms with Gasteiger partial charge in [-0.25, -0.2) is 0 Å². The molecule has 26 heavy (non-hydrogen) atoms. The van der Waals surface area contributed by atoms with Crippen molar-refractivity contribution in [3.63, 3.8) is 0 Å². The molecule has 1 N–H and O–H groups in total. The minimum absolute atomic E-state index is 0.00189. The zero-order valence-electron chi connectivity index (χ0n) is 16.2. The van der Waals surface area contributed by atoms with Gasteiger partial charge in [0.05, 0.1) is 6.54 Å². The van der Waals surface area contributed by atoms with Gasteiger partial charge in [0.25, 0.3) is 5.91 Å². The fraction of sp³-hybridized carbons (Fsp3) is 0.600. The number of carbonyl (C=O) groups excluding carboxylic acids is 2. The summed E-state index contributed by atoms with van der Waals surface area (Å²) in [5.74, 6) is 0.829. The quantitative estimate of drug-likeness (QED) is 0.717. The van der Waals surface area contributed by atoms with Gasteiger partial charge in [-0.3, -0.25) is 14.5 Å². The van der Waals surface area contributed by atoms with Crippen molar-refractivity contribution in [2.75, 3.05) is 45.9 Å². The van der Waals surface area contributed by atoms with E-state index in [1.165, 1.54) is 0 Å².